The Bertz CT molecular complexity index is 924. The van der Waals surface area contributed by atoms with E-state index in [9.17, 15) is 4.79 Å². The summed E-state index contributed by atoms with van der Waals surface area (Å²) in [6.45, 7) is 5.19. The number of fused-ring (bicyclic) bond motifs is 1. The van der Waals surface area contributed by atoms with Gasteiger partial charge in [-0.1, -0.05) is 26.0 Å². The first kappa shape index (κ1) is 16.9. The molecule has 5 nitrogen and oxygen atoms in total. The molecule has 5 heteroatoms. The number of carbonyl (C=O) groups excluding carboxylic acids is 1. The fourth-order valence-electron chi connectivity index (χ4n) is 3.49. The number of nitrogens with zero attached hydrogens (tertiary/aromatic N) is 2. The van der Waals surface area contributed by atoms with Crippen LogP contribution in [0.5, 0.6) is 0 Å². The topological polar surface area (TPSA) is 60.1 Å². The zero-order valence-electron chi connectivity index (χ0n) is 15.4. The summed E-state index contributed by atoms with van der Waals surface area (Å²) in [5.74, 6) is 3.85. The molecule has 0 saturated heterocycles. The van der Waals surface area contributed by atoms with Crippen LogP contribution in [-0.4, -0.2) is 15.5 Å². The maximum atomic E-state index is 12.4. The Morgan fingerprint density at radius 3 is 2.88 bits per heavy atom. The number of carbonyl (C=O) groups is 1. The Morgan fingerprint density at radius 1 is 1.31 bits per heavy atom. The molecule has 1 N–H and O–H groups in total. The van der Waals surface area contributed by atoms with Crippen molar-refractivity contribution in [2.45, 2.75) is 52.0 Å². The highest BCUT2D eigenvalue weighted by Gasteiger charge is 2.36. The normalized spacial score (nSPS) is 19.0. The van der Waals surface area contributed by atoms with Gasteiger partial charge in [-0.15, -0.1) is 0 Å². The van der Waals surface area contributed by atoms with Crippen molar-refractivity contribution in [2.75, 3.05) is 5.32 Å². The second kappa shape index (κ2) is 6.98. The number of aromatic nitrogens is 2. The Balaban J connectivity index is 1.41. The molecule has 2 aromatic heterocycles. The first-order valence-corrected chi connectivity index (χ1v) is 9.49. The highest BCUT2D eigenvalue weighted by molar-refractivity contribution is 5.91. The summed E-state index contributed by atoms with van der Waals surface area (Å²) in [6, 6.07) is 12.0. The molecule has 1 amide bonds. The van der Waals surface area contributed by atoms with Gasteiger partial charge < -0.3 is 8.98 Å². The second-order valence-corrected chi connectivity index (χ2v) is 7.25. The van der Waals surface area contributed by atoms with Crippen molar-refractivity contribution in [2.24, 2.45) is 5.92 Å². The molecular weight excluding hydrogens is 326 g/mol. The van der Waals surface area contributed by atoms with Crippen LogP contribution in [0.4, 0.5) is 5.95 Å². The summed E-state index contributed by atoms with van der Waals surface area (Å²) < 4.78 is 7.96. The number of imidazole rings is 1. The van der Waals surface area contributed by atoms with Gasteiger partial charge in [-0.3, -0.25) is 10.1 Å². The smallest absolute Gasteiger partial charge is 0.227 e. The van der Waals surface area contributed by atoms with Gasteiger partial charge in [0.25, 0.3) is 0 Å². The predicted octanol–water partition coefficient (Wildman–Crippen LogP) is 4.73. The maximum absolute atomic E-state index is 12.4. The standard InChI is InChI=1S/C21H25N3O2/c1-3-12-24-18-7-5-4-6-17(18)22-21(24)23-20(25)11-9-15-8-10-19(26-15)16-13-14(16)2/h4-8,10,14,16H,3,9,11-13H2,1-2H3,(H,22,23,25)/t14-,16-/m0/s1. The molecule has 4 rings (SSSR count). The van der Waals surface area contributed by atoms with E-state index in [-0.39, 0.29) is 5.91 Å². The van der Waals surface area contributed by atoms with Crippen molar-refractivity contribution in [3.8, 4) is 0 Å². The van der Waals surface area contributed by atoms with Crippen LogP contribution in [0.2, 0.25) is 0 Å². The van der Waals surface area contributed by atoms with Crippen molar-refractivity contribution >= 4 is 22.9 Å². The van der Waals surface area contributed by atoms with Crippen LogP contribution < -0.4 is 5.32 Å². The van der Waals surface area contributed by atoms with Gasteiger partial charge in [0.15, 0.2) is 0 Å². The zero-order chi connectivity index (χ0) is 18.1. The van der Waals surface area contributed by atoms with E-state index >= 15 is 0 Å². The summed E-state index contributed by atoms with van der Waals surface area (Å²) in [4.78, 5) is 17.0. The van der Waals surface area contributed by atoms with Crippen molar-refractivity contribution in [1.82, 2.24) is 9.55 Å². The molecule has 0 aliphatic heterocycles. The van der Waals surface area contributed by atoms with Crippen LogP contribution in [0.25, 0.3) is 11.0 Å². The van der Waals surface area contributed by atoms with Crippen LogP contribution in [0.3, 0.4) is 0 Å². The first-order valence-electron chi connectivity index (χ1n) is 9.49. The van der Waals surface area contributed by atoms with E-state index in [2.05, 4.69) is 34.8 Å². The summed E-state index contributed by atoms with van der Waals surface area (Å²) in [7, 11) is 0. The molecule has 136 valence electrons. The average molecular weight is 351 g/mol. The maximum Gasteiger partial charge on any atom is 0.227 e. The number of para-hydroxylation sites is 2. The average Bonchev–Trinajstić information content (AvgIpc) is 3.06. The third-order valence-corrected chi connectivity index (χ3v) is 5.11. The number of aryl methyl sites for hydroxylation is 2. The lowest BCUT2D eigenvalue weighted by molar-refractivity contribution is -0.116. The quantitative estimate of drug-likeness (QED) is 0.669. The van der Waals surface area contributed by atoms with Crippen molar-refractivity contribution in [3.63, 3.8) is 0 Å². The molecule has 0 spiro atoms. The van der Waals surface area contributed by atoms with Gasteiger partial charge in [0, 0.05) is 25.3 Å². The third-order valence-electron chi connectivity index (χ3n) is 5.11. The lowest BCUT2D eigenvalue weighted by Gasteiger charge is -2.08. The Hall–Kier alpha value is -2.56. The number of rotatable bonds is 7. The second-order valence-electron chi connectivity index (χ2n) is 7.25. The number of hydrogen-bond donors (Lipinski definition) is 1. The van der Waals surface area contributed by atoms with Gasteiger partial charge in [-0.25, -0.2) is 4.98 Å². The van der Waals surface area contributed by atoms with Crippen molar-refractivity contribution in [3.05, 3.63) is 47.9 Å². The molecule has 1 aliphatic rings. The number of amides is 1. The molecule has 1 saturated carbocycles. The Labute approximate surface area is 153 Å². The molecule has 26 heavy (non-hydrogen) atoms. The van der Waals surface area contributed by atoms with Gasteiger partial charge >= 0.3 is 0 Å². The van der Waals surface area contributed by atoms with Crippen LogP contribution in [0, 0.1) is 5.92 Å². The van der Waals surface area contributed by atoms with E-state index in [1.165, 1.54) is 6.42 Å². The number of anilines is 1. The minimum absolute atomic E-state index is 0.0320. The van der Waals surface area contributed by atoms with E-state index in [0.717, 1.165) is 41.4 Å². The van der Waals surface area contributed by atoms with Gasteiger partial charge in [0.1, 0.15) is 11.5 Å². The van der Waals surface area contributed by atoms with Gasteiger partial charge in [0.05, 0.1) is 11.0 Å². The lowest BCUT2D eigenvalue weighted by atomic mass is 10.2. The third kappa shape index (κ3) is 3.39. The van der Waals surface area contributed by atoms with Crippen LogP contribution >= 0.6 is 0 Å². The molecule has 1 aliphatic carbocycles. The minimum atomic E-state index is -0.0320. The summed E-state index contributed by atoms with van der Waals surface area (Å²) in [5, 5.41) is 2.98. The van der Waals surface area contributed by atoms with Gasteiger partial charge in [0.2, 0.25) is 11.9 Å². The van der Waals surface area contributed by atoms with E-state index < -0.39 is 0 Å². The molecule has 2 atom stereocenters. The predicted molar refractivity (Wildman–Crippen MR) is 102 cm³/mol. The molecule has 0 unspecified atom stereocenters. The molecular formula is C21H25N3O2. The largest absolute Gasteiger partial charge is 0.466 e. The molecule has 1 fully saturated rings. The SMILES string of the molecule is CCCn1c(NC(=O)CCc2ccc([C@H]3C[C@@H]3C)o2)nc2ccccc21. The van der Waals surface area contributed by atoms with E-state index in [1.807, 2.05) is 30.3 Å². The fourth-order valence-corrected chi connectivity index (χ4v) is 3.49. The first-order chi connectivity index (χ1) is 12.7. The molecule has 0 bridgehead atoms. The van der Waals surface area contributed by atoms with Crippen molar-refractivity contribution < 1.29 is 9.21 Å². The Morgan fingerprint density at radius 2 is 2.12 bits per heavy atom. The molecule has 3 aromatic rings. The number of benzene rings is 1. The fraction of sp³-hybridized carbons (Fsp3) is 0.429. The monoisotopic (exact) mass is 351 g/mol. The van der Waals surface area contributed by atoms with E-state index in [1.54, 1.807) is 0 Å². The van der Waals surface area contributed by atoms with Crippen LogP contribution in [-0.2, 0) is 17.8 Å². The van der Waals surface area contributed by atoms with Crippen molar-refractivity contribution in [1.29, 1.82) is 0 Å². The van der Waals surface area contributed by atoms with E-state index in [0.29, 0.717) is 24.7 Å². The number of nitrogens with one attached hydrogen (secondary N) is 1. The lowest BCUT2D eigenvalue weighted by Crippen LogP contribution is -2.16. The van der Waals surface area contributed by atoms with Gasteiger partial charge in [-0.2, -0.15) is 0 Å². The molecule has 1 aromatic carbocycles. The molecule has 0 radical (unpaired) electrons. The minimum Gasteiger partial charge on any atom is -0.466 e. The zero-order valence-corrected chi connectivity index (χ0v) is 15.4. The van der Waals surface area contributed by atoms with Gasteiger partial charge in [-0.05, 0) is 43.0 Å². The van der Waals surface area contributed by atoms with E-state index in [4.69, 9.17) is 4.42 Å². The highest BCUT2D eigenvalue weighted by Crippen LogP contribution is 2.47. The number of hydrogen-bond acceptors (Lipinski definition) is 3. The number of furan rings is 1. The summed E-state index contributed by atoms with van der Waals surface area (Å²) in [5.41, 5.74) is 1.96. The van der Waals surface area contributed by atoms with Crippen LogP contribution in [0.1, 0.15) is 50.5 Å². The highest BCUT2D eigenvalue weighted by atomic mass is 16.3. The Kier molecular flexibility index (Phi) is 4.53. The summed E-state index contributed by atoms with van der Waals surface area (Å²) in [6.07, 6.45) is 3.20. The molecule has 2 heterocycles. The summed E-state index contributed by atoms with van der Waals surface area (Å²) >= 11 is 0. The van der Waals surface area contributed by atoms with Crippen LogP contribution in [0.15, 0.2) is 40.8 Å².